The highest BCUT2D eigenvalue weighted by atomic mass is 19.1. The summed E-state index contributed by atoms with van der Waals surface area (Å²) < 4.78 is 31.1. The lowest BCUT2D eigenvalue weighted by Gasteiger charge is -2.71. The molecule has 3 heterocycles. The van der Waals surface area contributed by atoms with E-state index >= 15 is 4.39 Å². The van der Waals surface area contributed by atoms with Crippen molar-refractivity contribution in [2.24, 2.45) is 68.3 Å². The number of halogens is 1. The maximum absolute atomic E-state index is 15.4. The van der Waals surface area contributed by atoms with E-state index in [0.29, 0.717) is 43.5 Å². The van der Waals surface area contributed by atoms with E-state index in [4.69, 9.17) is 20.3 Å². The zero-order valence-corrected chi connectivity index (χ0v) is 33.8. The molecule has 7 rings (SSSR count). The van der Waals surface area contributed by atoms with Crippen molar-refractivity contribution < 1.29 is 23.8 Å². The molecule has 0 spiro atoms. The summed E-state index contributed by atoms with van der Waals surface area (Å²) in [6.45, 7) is 23.8. The molecule has 2 aromatic rings. The molecule has 4 fully saturated rings. The van der Waals surface area contributed by atoms with Crippen molar-refractivity contribution in [1.29, 1.82) is 0 Å². The Hall–Kier alpha value is -2.69. The van der Waals surface area contributed by atoms with Gasteiger partial charge in [-0.1, -0.05) is 74.0 Å². The van der Waals surface area contributed by atoms with Gasteiger partial charge >= 0.3 is 5.97 Å². The molecule has 5 aliphatic rings. The van der Waals surface area contributed by atoms with Crippen LogP contribution in [0, 0.1) is 68.4 Å². The molecular weight excluding hydrogens is 670 g/mol. The molecule has 53 heavy (non-hydrogen) atoms. The molecule has 12 atom stereocenters. The second kappa shape index (κ2) is 12.9. The zero-order valence-electron chi connectivity index (χ0n) is 33.8. The highest BCUT2D eigenvalue weighted by molar-refractivity contribution is 5.73. The van der Waals surface area contributed by atoms with Crippen LogP contribution in [0.5, 0.6) is 0 Å². The van der Waals surface area contributed by atoms with Crippen LogP contribution in [0.4, 0.5) is 4.39 Å². The minimum absolute atomic E-state index is 0.195. The van der Waals surface area contributed by atoms with Crippen LogP contribution < -0.4 is 5.73 Å². The number of nitrogens with two attached hydrogens (primary N) is 1. The number of ether oxygens (including phenoxy) is 2. The van der Waals surface area contributed by atoms with E-state index in [0.717, 1.165) is 32.1 Å². The number of fused-ring (bicyclic) bond motifs is 3. The van der Waals surface area contributed by atoms with Crippen LogP contribution in [0.2, 0.25) is 0 Å². The SMILES string of the molecule is CC(C)[C@@H](C)[C@@]1(C)CC[C@]2(C)[C@H]3CC[C@@H]4C5(COC[C@]4(C)[C@@H](OC[C@](C)(N)C(C)C)[C@H](n4ncnc4-c4ccncc4F)C5)C3=CC[C@@]2(C)[C@@H]1C(=O)O. The maximum Gasteiger partial charge on any atom is 0.307 e. The Morgan fingerprint density at radius 3 is 2.53 bits per heavy atom. The zero-order chi connectivity index (χ0) is 38.5. The minimum Gasteiger partial charge on any atom is -0.481 e. The number of pyridine rings is 1. The van der Waals surface area contributed by atoms with Crippen LogP contribution in [0.15, 0.2) is 36.4 Å². The Morgan fingerprint density at radius 2 is 1.87 bits per heavy atom. The molecule has 1 aliphatic heterocycles. The fraction of sp³-hybridized carbons (Fsp3) is 0.767. The number of aliphatic carboxylic acids is 1. The van der Waals surface area contributed by atoms with Crippen molar-refractivity contribution in [2.45, 2.75) is 125 Å². The molecule has 0 aromatic carbocycles. The molecule has 2 bridgehead atoms. The van der Waals surface area contributed by atoms with E-state index in [1.54, 1.807) is 12.3 Å². The van der Waals surface area contributed by atoms with E-state index in [2.05, 4.69) is 78.4 Å². The molecule has 3 saturated carbocycles. The van der Waals surface area contributed by atoms with Gasteiger partial charge in [0.05, 0.1) is 49.6 Å². The molecule has 0 amide bonds. The van der Waals surface area contributed by atoms with Crippen molar-refractivity contribution >= 4 is 5.97 Å². The summed E-state index contributed by atoms with van der Waals surface area (Å²) >= 11 is 0. The quantitative estimate of drug-likeness (QED) is 0.247. The van der Waals surface area contributed by atoms with Gasteiger partial charge in [0, 0.05) is 22.6 Å². The van der Waals surface area contributed by atoms with E-state index in [9.17, 15) is 9.90 Å². The molecule has 4 aliphatic carbocycles. The first-order valence-electron chi connectivity index (χ1n) is 20.2. The van der Waals surface area contributed by atoms with Crippen LogP contribution in [0.25, 0.3) is 11.4 Å². The van der Waals surface area contributed by atoms with Gasteiger partial charge in [0.15, 0.2) is 11.6 Å². The molecule has 9 nitrogen and oxygen atoms in total. The second-order valence-electron chi connectivity index (χ2n) is 19.9. The van der Waals surface area contributed by atoms with Gasteiger partial charge in [-0.25, -0.2) is 14.1 Å². The maximum atomic E-state index is 15.4. The van der Waals surface area contributed by atoms with E-state index < -0.39 is 34.1 Å². The predicted molar refractivity (Wildman–Crippen MR) is 203 cm³/mol. The predicted octanol–water partition coefficient (Wildman–Crippen LogP) is 8.37. The topological polar surface area (TPSA) is 125 Å². The molecule has 2 aromatic heterocycles. The lowest BCUT2D eigenvalue weighted by atomic mass is 9.34. The average Bonchev–Trinajstić information content (AvgIpc) is 3.57. The van der Waals surface area contributed by atoms with Crippen LogP contribution in [0.1, 0.15) is 114 Å². The lowest BCUT2D eigenvalue weighted by Crippen LogP contribution is -2.69. The number of rotatable bonds is 9. The fourth-order valence-corrected chi connectivity index (χ4v) is 12.8. The largest absolute Gasteiger partial charge is 0.481 e. The summed E-state index contributed by atoms with van der Waals surface area (Å²) in [4.78, 5) is 22.2. The molecular formula is C43H64FN5O4. The highest BCUT2D eigenvalue weighted by Crippen LogP contribution is 2.75. The monoisotopic (exact) mass is 733 g/mol. The smallest absolute Gasteiger partial charge is 0.307 e. The Bertz CT molecular complexity index is 1760. The third-order valence-corrected chi connectivity index (χ3v) is 16.9. The minimum atomic E-state index is -0.654. The first-order chi connectivity index (χ1) is 24.8. The van der Waals surface area contributed by atoms with E-state index in [1.807, 2.05) is 11.6 Å². The summed E-state index contributed by atoms with van der Waals surface area (Å²) in [5, 5.41) is 16.0. The molecule has 292 valence electrons. The Balaban J connectivity index is 1.36. The van der Waals surface area contributed by atoms with E-state index in [-0.39, 0.29) is 52.1 Å². The molecule has 1 unspecified atom stereocenters. The van der Waals surface area contributed by atoms with Crippen LogP contribution in [0.3, 0.4) is 0 Å². The summed E-state index contributed by atoms with van der Waals surface area (Å²) in [7, 11) is 0. The van der Waals surface area contributed by atoms with Crippen LogP contribution >= 0.6 is 0 Å². The third-order valence-electron chi connectivity index (χ3n) is 16.9. The van der Waals surface area contributed by atoms with Crippen molar-refractivity contribution in [1.82, 2.24) is 19.7 Å². The summed E-state index contributed by atoms with van der Waals surface area (Å²) in [6, 6.07) is 1.39. The average molecular weight is 734 g/mol. The Morgan fingerprint density at radius 1 is 1.13 bits per heavy atom. The number of carboxylic acids is 1. The van der Waals surface area contributed by atoms with Crippen molar-refractivity contribution in [2.75, 3.05) is 19.8 Å². The Labute approximate surface area is 316 Å². The molecule has 10 heteroatoms. The van der Waals surface area contributed by atoms with Crippen molar-refractivity contribution in [3.05, 3.63) is 42.3 Å². The number of carbonyl (C=O) groups is 1. The number of allylic oxidation sites excluding steroid dienone is 1. The van der Waals surface area contributed by atoms with E-state index in [1.165, 1.54) is 18.1 Å². The Kier molecular flexibility index (Phi) is 9.42. The number of hydrogen-bond acceptors (Lipinski definition) is 7. The fourth-order valence-electron chi connectivity index (χ4n) is 12.8. The number of hydrogen-bond donors (Lipinski definition) is 2. The molecule has 1 saturated heterocycles. The van der Waals surface area contributed by atoms with Crippen LogP contribution in [-0.2, 0) is 14.3 Å². The number of carboxylic acid groups (broad SMARTS) is 1. The lowest BCUT2D eigenvalue weighted by molar-refractivity contribution is -0.252. The van der Waals surface area contributed by atoms with Crippen LogP contribution in [-0.4, -0.2) is 62.3 Å². The standard InChI is InChI=1S/C43H64FN5O4/c1-25(2)27(5)38(6)16-17-40(8)29-11-12-33-39(7)21-52-23-43(33,30(29)13-15-41(40,9)34(38)37(50)51)19-32(35(39)53-22-42(10,45)26(3)4)49-36(47-24-48-49)28-14-18-46-20-31(28)44/h13-14,18,20,24-27,29,32-35H,11-12,15-17,19,21-23,45H2,1-10H3,(H,50,51)/t27-,29+,32-,33+,34-,35+,38-,39+,40-,41+,42+,43?/m1/s1. The first-order valence-corrected chi connectivity index (χ1v) is 20.2. The second-order valence-corrected chi connectivity index (χ2v) is 19.9. The molecule has 3 N–H and O–H groups in total. The summed E-state index contributed by atoms with van der Waals surface area (Å²) in [5.41, 5.74) is 6.45. The van der Waals surface area contributed by atoms with Gasteiger partial charge in [-0.2, -0.15) is 5.10 Å². The summed E-state index contributed by atoms with van der Waals surface area (Å²) in [6.07, 6.45) is 11.8. The van der Waals surface area contributed by atoms with Gasteiger partial charge in [0.1, 0.15) is 6.33 Å². The third kappa shape index (κ3) is 5.45. The van der Waals surface area contributed by atoms with Gasteiger partial charge in [-0.3, -0.25) is 9.78 Å². The van der Waals surface area contributed by atoms with Crippen molar-refractivity contribution in [3.63, 3.8) is 0 Å². The molecule has 0 radical (unpaired) electrons. The highest BCUT2D eigenvalue weighted by Gasteiger charge is 2.72. The number of nitrogens with zero attached hydrogens (tertiary/aromatic N) is 4. The van der Waals surface area contributed by atoms with Gasteiger partial charge in [0.2, 0.25) is 0 Å². The van der Waals surface area contributed by atoms with Crippen molar-refractivity contribution in [3.8, 4) is 11.4 Å². The number of aromatic nitrogens is 4. The van der Waals surface area contributed by atoms with Gasteiger partial charge in [-0.15, -0.1) is 0 Å². The first kappa shape index (κ1) is 38.6. The normalized spacial score (nSPS) is 41.2. The van der Waals surface area contributed by atoms with Gasteiger partial charge < -0.3 is 20.3 Å². The van der Waals surface area contributed by atoms with Gasteiger partial charge in [-0.05, 0) is 97.3 Å². The summed E-state index contributed by atoms with van der Waals surface area (Å²) in [5.74, 6) is 0.273. The van der Waals surface area contributed by atoms with Gasteiger partial charge in [0.25, 0.3) is 0 Å².